The second kappa shape index (κ2) is 3.96. The van der Waals surface area contributed by atoms with Crippen LogP contribution in [0.5, 0.6) is 0 Å². The van der Waals surface area contributed by atoms with Gasteiger partial charge in [-0.25, -0.2) is 4.98 Å². The van der Waals surface area contributed by atoms with E-state index in [1.165, 1.54) is 25.7 Å². The molecule has 1 heterocycles. The maximum atomic E-state index is 5.56. The van der Waals surface area contributed by atoms with Crippen molar-refractivity contribution in [2.24, 2.45) is 0 Å². The van der Waals surface area contributed by atoms with Crippen LogP contribution in [0.25, 0.3) is 0 Å². The van der Waals surface area contributed by atoms with Gasteiger partial charge in [-0.3, -0.25) is 0 Å². The molecule has 82 valence electrons. The Morgan fingerprint density at radius 3 is 2.80 bits per heavy atom. The Bertz CT molecular complexity index is 360. The van der Waals surface area contributed by atoms with Crippen LogP contribution in [0.3, 0.4) is 0 Å². The second-order valence-electron chi connectivity index (χ2n) is 4.32. The van der Waals surface area contributed by atoms with Gasteiger partial charge >= 0.3 is 0 Å². The summed E-state index contributed by atoms with van der Waals surface area (Å²) < 4.78 is 0.866. The Kier molecular flexibility index (Phi) is 2.82. The third-order valence-electron chi connectivity index (χ3n) is 2.89. The van der Waals surface area contributed by atoms with Gasteiger partial charge in [0, 0.05) is 11.7 Å². The fraction of sp³-hybridized carbons (Fsp3) is 0.600. The third kappa shape index (κ3) is 2.40. The topological polar surface area (TPSA) is 63.8 Å². The summed E-state index contributed by atoms with van der Waals surface area (Å²) in [5.41, 5.74) is 5.72. The Morgan fingerprint density at radius 1 is 1.47 bits per heavy atom. The molecular weight excluding hydrogens is 256 g/mol. The van der Waals surface area contributed by atoms with E-state index in [-0.39, 0.29) is 5.54 Å². The van der Waals surface area contributed by atoms with Crippen LogP contribution in [-0.4, -0.2) is 15.5 Å². The zero-order valence-corrected chi connectivity index (χ0v) is 10.3. The highest BCUT2D eigenvalue weighted by Crippen LogP contribution is 2.33. The first-order valence-corrected chi connectivity index (χ1v) is 5.95. The number of nitrogens with zero attached hydrogens (tertiary/aromatic N) is 2. The van der Waals surface area contributed by atoms with Gasteiger partial charge in [0.05, 0.1) is 4.47 Å². The Morgan fingerprint density at radius 2 is 2.13 bits per heavy atom. The van der Waals surface area contributed by atoms with E-state index < -0.39 is 0 Å². The van der Waals surface area contributed by atoms with E-state index in [1.807, 2.05) is 0 Å². The van der Waals surface area contributed by atoms with Gasteiger partial charge in [-0.2, -0.15) is 4.98 Å². The van der Waals surface area contributed by atoms with Crippen LogP contribution >= 0.6 is 15.9 Å². The zero-order chi connectivity index (χ0) is 10.9. The molecule has 1 aliphatic carbocycles. The maximum absolute atomic E-state index is 5.56. The zero-order valence-electron chi connectivity index (χ0n) is 8.76. The standard InChI is InChI=1S/C10H15BrN4/c1-10(4-2-3-5-10)15-8-7(11)6-13-9(12)14-8/h6H,2-5H2,1H3,(H3,12,13,14,15). The highest BCUT2D eigenvalue weighted by molar-refractivity contribution is 9.10. The summed E-state index contributed by atoms with van der Waals surface area (Å²) in [7, 11) is 0. The number of rotatable bonds is 2. The highest BCUT2D eigenvalue weighted by atomic mass is 79.9. The van der Waals surface area contributed by atoms with Gasteiger partial charge in [-0.15, -0.1) is 0 Å². The molecular formula is C10H15BrN4. The number of nitrogen functional groups attached to an aromatic ring is 1. The summed E-state index contributed by atoms with van der Waals surface area (Å²) >= 11 is 3.42. The molecule has 1 saturated carbocycles. The molecule has 4 nitrogen and oxygen atoms in total. The number of anilines is 2. The molecule has 5 heteroatoms. The van der Waals surface area contributed by atoms with Crippen LogP contribution in [0, 0.1) is 0 Å². The Labute approximate surface area is 97.8 Å². The molecule has 0 aromatic carbocycles. The lowest BCUT2D eigenvalue weighted by molar-refractivity contribution is 0.530. The summed E-state index contributed by atoms with van der Waals surface area (Å²) in [5.74, 6) is 1.11. The van der Waals surface area contributed by atoms with Crippen LogP contribution in [0.2, 0.25) is 0 Å². The van der Waals surface area contributed by atoms with E-state index in [4.69, 9.17) is 5.73 Å². The lowest BCUT2D eigenvalue weighted by atomic mass is 10.0. The number of hydrogen-bond acceptors (Lipinski definition) is 4. The van der Waals surface area contributed by atoms with Crippen molar-refractivity contribution in [2.75, 3.05) is 11.1 Å². The molecule has 0 spiro atoms. The summed E-state index contributed by atoms with van der Waals surface area (Å²) in [6.45, 7) is 2.23. The second-order valence-corrected chi connectivity index (χ2v) is 5.17. The first kappa shape index (κ1) is 10.7. The van der Waals surface area contributed by atoms with Gasteiger partial charge in [-0.1, -0.05) is 12.8 Å². The van der Waals surface area contributed by atoms with E-state index in [0.717, 1.165) is 10.3 Å². The van der Waals surface area contributed by atoms with Crippen molar-refractivity contribution in [1.82, 2.24) is 9.97 Å². The largest absolute Gasteiger partial charge is 0.368 e. The molecule has 15 heavy (non-hydrogen) atoms. The maximum Gasteiger partial charge on any atom is 0.221 e. The fourth-order valence-corrected chi connectivity index (χ4v) is 2.32. The first-order chi connectivity index (χ1) is 7.09. The average Bonchev–Trinajstić information content (AvgIpc) is 2.59. The molecule has 0 aliphatic heterocycles. The van der Waals surface area contributed by atoms with E-state index in [1.54, 1.807) is 6.20 Å². The number of halogens is 1. The van der Waals surface area contributed by atoms with E-state index in [0.29, 0.717) is 5.95 Å². The van der Waals surface area contributed by atoms with Crippen molar-refractivity contribution < 1.29 is 0 Å². The van der Waals surface area contributed by atoms with Gasteiger partial charge < -0.3 is 11.1 Å². The number of nitrogens with two attached hydrogens (primary N) is 1. The van der Waals surface area contributed by atoms with Crippen LogP contribution in [-0.2, 0) is 0 Å². The normalized spacial score (nSPS) is 19.1. The van der Waals surface area contributed by atoms with Gasteiger partial charge in [-0.05, 0) is 35.7 Å². The minimum atomic E-state index is 0.156. The number of aromatic nitrogens is 2. The van der Waals surface area contributed by atoms with Crippen LogP contribution in [0.15, 0.2) is 10.7 Å². The molecule has 0 atom stereocenters. The van der Waals surface area contributed by atoms with E-state index >= 15 is 0 Å². The molecule has 1 aromatic rings. The molecule has 0 bridgehead atoms. The summed E-state index contributed by atoms with van der Waals surface area (Å²) in [4.78, 5) is 8.11. The SMILES string of the molecule is CC1(Nc2nc(N)ncc2Br)CCCC1. The monoisotopic (exact) mass is 270 g/mol. The van der Waals surface area contributed by atoms with E-state index in [9.17, 15) is 0 Å². The quantitative estimate of drug-likeness (QED) is 0.867. The number of hydrogen-bond donors (Lipinski definition) is 2. The van der Waals surface area contributed by atoms with Crippen molar-refractivity contribution in [3.8, 4) is 0 Å². The van der Waals surface area contributed by atoms with Crippen molar-refractivity contribution >= 4 is 27.7 Å². The van der Waals surface area contributed by atoms with Gasteiger partial charge in [0.15, 0.2) is 0 Å². The minimum Gasteiger partial charge on any atom is -0.368 e. The molecule has 0 unspecified atom stereocenters. The predicted molar refractivity (Wildman–Crippen MR) is 64.6 cm³/mol. The van der Waals surface area contributed by atoms with Crippen LogP contribution in [0.1, 0.15) is 32.6 Å². The van der Waals surface area contributed by atoms with Crippen molar-refractivity contribution in [3.63, 3.8) is 0 Å². The van der Waals surface area contributed by atoms with Crippen molar-refractivity contribution in [3.05, 3.63) is 10.7 Å². The lowest BCUT2D eigenvalue weighted by Gasteiger charge is -2.26. The molecule has 1 aliphatic rings. The van der Waals surface area contributed by atoms with Crippen LogP contribution < -0.4 is 11.1 Å². The summed E-state index contributed by atoms with van der Waals surface area (Å²) in [6.07, 6.45) is 6.61. The highest BCUT2D eigenvalue weighted by Gasteiger charge is 2.29. The van der Waals surface area contributed by atoms with Crippen molar-refractivity contribution in [2.45, 2.75) is 38.1 Å². The molecule has 0 saturated heterocycles. The average molecular weight is 271 g/mol. The number of nitrogens with one attached hydrogen (secondary N) is 1. The lowest BCUT2D eigenvalue weighted by Crippen LogP contribution is -2.31. The van der Waals surface area contributed by atoms with Gasteiger partial charge in [0.2, 0.25) is 5.95 Å². The summed E-state index contributed by atoms with van der Waals surface area (Å²) in [5, 5.41) is 3.45. The Balaban J connectivity index is 2.19. The molecule has 1 fully saturated rings. The molecule has 2 rings (SSSR count). The molecule has 1 aromatic heterocycles. The van der Waals surface area contributed by atoms with Crippen molar-refractivity contribution in [1.29, 1.82) is 0 Å². The molecule has 3 N–H and O–H groups in total. The molecule has 0 radical (unpaired) electrons. The smallest absolute Gasteiger partial charge is 0.221 e. The van der Waals surface area contributed by atoms with Gasteiger partial charge in [0.1, 0.15) is 5.82 Å². The first-order valence-electron chi connectivity index (χ1n) is 5.15. The fourth-order valence-electron chi connectivity index (χ4n) is 2.03. The molecule has 0 amide bonds. The third-order valence-corrected chi connectivity index (χ3v) is 3.47. The minimum absolute atomic E-state index is 0.156. The summed E-state index contributed by atoms with van der Waals surface area (Å²) in [6, 6.07) is 0. The van der Waals surface area contributed by atoms with Crippen LogP contribution in [0.4, 0.5) is 11.8 Å². The van der Waals surface area contributed by atoms with Gasteiger partial charge in [0.25, 0.3) is 0 Å². The predicted octanol–water partition coefficient (Wildman–Crippen LogP) is 2.57. The van der Waals surface area contributed by atoms with E-state index in [2.05, 4.69) is 38.1 Å². The Hall–Kier alpha value is -0.840.